The zero-order chi connectivity index (χ0) is 15.0. The summed E-state index contributed by atoms with van der Waals surface area (Å²) >= 11 is 0. The quantitative estimate of drug-likeness (QED) is 0.751. The number of carbonyl (C=O) groups is 1. The molecule has 0 heterocycles. The monoisotopic (exact) mass is 276 g/mol. The number of aliphatic hydroxyl groups excluding tert-OH is 1. The molecule has 1 rings (SSSR count). The van der Waals surface area contributed by atoms with Crippen LogP contribution in [0.4, 0.5) is 0 Å². The third kappa shape index (κ3) is 5.00. The van der Waals surface area contributed by atoms with Crippen LogP contribution in [0.15, 0.2) is 24.3 Å². The highest BCUT2D eigenvalue weighted by molar-refractivity contribution is 5.69. The lowest BCUT2D eigenvalue weighted by atomic mass is 10.1. The molecule has 2 N–H and O–H groups in total. The number of nitriles is 1. The fraction of sp³-hybridized carbons (Fsp3) is 0.467. The van der Waals surface area contributed by atoms with Crippen molar-refractivity contribution in [3.63, 3.8) is 0 Å². The minimum absolute atomic E-state index is 0.0673. The van der Waals surface area contributed by atoms with E-state index in [2.05, 4.69) is 6.07 Å². The third-order valence-electron chi connectivity index (χ3n) is 3.12. The first kappa shape index (κ1) is 16.2. The van der Waals surface area contributed by atoms with Gasteiger partial charge in [-0.15, -0.1) is 0 Å². The van der Waals surface area contributed by atoms with Crippen LogP contribution >= 0.6 is 0 Å². The zero-order valence-corrected chi connectivity index (χ0v) is 11.6. The normalized spacial score (nSPS) is 12.1. The van der Waals surface area contributed by atoms with Gasteiger partial charge in [-0.05, 0) is 18.1 Å². The Morgan fingerprint density at radius 1 is 1.45 bits per heavy atom. The first-order valence-electron chi connectivity index (χ1n) is 6.62. The summed E-state index contributed by atoms with van der Waals surface area (Å²) in [6, 6.07) is 9.43. The van der Waals surface area contributed by atoms with Crippen LogP contribution in [-0.2, 0) is 11.3 Å². The van der Waals surface area contributed by atoms with Crippen LogP contribution in [0.25, 0.3) is 0 Å². The largest absolute Gasteiger partial charge is 0.481 e. The van der Waals surface area contributed by atoms with Crippen molar-refractivity contribution in [3.05, 3.63) is 35.4 Å². The maximum atomic E-state index is 11.0. The molecule has 0 saturated heterocycles. The molecule has 1 aromatic rings. The minimum atomic E-state index is -0.840. The summed E-state index contributed by atoms with van der Waals surface area (Å²) in [5, 5.41) is 27.0. The number of carboxylic acid groups (broad SMARTS) is 1. The molecule has 0 aromatic heterocycles. The fourth-order valence-corrected chi connectivity index (χ4v) is 2.00. The van der Waals surface area contributed by atoms with Gasteiger partial charge in [-0.1, -0.05) is 25.1 Å². The number of nitrogens with zero attached hydrogens (tertiary/aromatic N) is 2. The molecule has 0 bridgehead atoms. The van der Waals surface area contributed by atoms with Gasteiger partial charge >= 0.3 is 5.97 Å². The first-order chi connectivity index (χ1) is 9.58. The summed E-state index contributed by atoms with van der Waals surface area (Å²) in [4.78, 5) is 12.9. The van der Waals surface area contributed by atoms with E-state index in [1.807, 2.05) is 17.0 Å². The van der Waals surface area contributed by atoms with Crippen molar-refractivity contribution in [2.24, 2.45) is 5.92 Å². The van der Waals surface area contributed by atoms with Crippen LogP contribution in [0, 0.1) is 17.2 Å². The number of carboxylic acids is 1. The number of hydrogen-bond donors (Lipinski definition) is 2. The molecule has 0 aliphatic heterocycles. The summed E-state index contributed by atoms with van der Waals surface area (Å²) in [6.45, 7) is 3.24. The molecule has 0 saturated carbocycles. The SMILES string of the molecule is CC(CN(CCCO)Cc1ccccc1C#N)C(=O)O. The van der Waals surface area contributed by atoms with Crippen molar-refractivity contribution >= 4 is 5.97 Å². The topological polar surface area (TPSA) is 84.6 Å². The summed E-state index contributed by atoms with van der Waals surface area (Å²) in [5.74, 6) is -1.32. The maximum absolute atomic E-state index is 11.0. The Hall–Kier alpha value is -1.90. The Bertz CT molecular complexity index is 482. The van der Waals surface area contributed by atoms with Gasteiger partial charge in [0.05, 0.1) is 17.6 Å². The van der Waals surface area contributed by atoms with Crippen LogP contribution in [0.3, 0.4) is 0 Å². The maximum Gasteiger partial charge on any atom is 0.307 e. The van der Waals surface area contributed by atoms with Crippen molar-refractivity contribution in [1.82, 2.24) is 4.90 Å². The van der Waals surface area contributed by atoms with Gasteiger partial charge in [0, 0.05) is 26.2 Å². The van der Waals surface area contributed by atoms with E-state index in [1.54, 1.807) is 19.1 Å². The molecule has 5 nitrogen and oxygen atoms in total. The molecule has 0 radical (unpaired) electrons. The molecule has 0 aliphatic carbocycles. The van der Waals surface area contributed by atoms with Crippen molar-refractivity contribution < 1.29 is 15.0 Å². The molecular weight excluding hydrogens is 256 g/mol. The molecular formula is C15H20N2O3. The van der Waals surface area contributed by atoms with Gasteiger partial charge in [0.2, 0.25) is 0 Å². The lowest BCUT2D eigenvalue weighted by Gasteiger charge is -2.24. The summed E-state index contributed by atoms with van der Waals surface area (Å²) in [6.07, 6.45) is 0.584. The molecule has 5 heteroatoms. The molecule has 1 aromatic carbocycles. The van der Waals surface area contributed by atoms with E-state index in [-0.39, 0.29) is 6.61 Å². The van der Waals surface area contributed by atoms with Crippen molar-refractivity contribution in [3.8, 4) is 6.07 Å². The van der Waals surface area contributed by atoms with E-state index in [0.29, 0.717) is 31.6 Å². The van der Waals surface area contributed by atoms with Gasteiger partial charge < -0.3 is 10.2 Å². The predicted octanol–water partition coefficient (Wildman–Crippen LogP) is 1.46. The van der Waals surface area contributed by atoms with Gasteiger partial charge in [-0.25, -0.2) is 0 Å². The molecule has 108 valence electrons. The second kappa shape index (κ2) is 8.31. The highest BCUT2D eigenvalue weighted by Crippen LogP contribution is 2.12. The van der Waals surface area contributed by atoms with Crippen LogP contribution in [0.1, 0.15) is 24.5 Å². The third-order valence-corrected chi connectivity index (χ3v) is 3.12. The van der Waals surface area contributed by atoms with E-state index in [1.165, 1.54) is 0 Å². The highest BCUT2D eigenvalue weighted by Gasteiger charge is 2.17. The van der Waals surface area contributed by atoms with Gasteiger partial charge in [-0.3, -0.25) is 9.69 Å². The van der Waals surface area contributed by atoms with E-state index < -0.39 is 11.9 Å². The number of aliphatic hydroxyl groups is 1. The molecule has 0 fully saturated rings. The predicted molar refractivity (Wildman–Crippen MR) is 74.9 cm³/mol. The molecule has 1 atom stereocenters. The number of benzene rings is 1. The second-order valence-electron chi connectivity index (χ2n) is 4.82. The van der Waals surface area contributed by atoms with Crippen molar-refractivity contribution in [1.29, 1.82) is 5.26 Å². The van der Waals surface area contributed by atoms with Crippen LogP contribution in [-0.4, -0.2) is 40.8 Å². The van der Waals surface area contributed by atoms with Crippen LogP contribution in [0.2, 0.25) is 0 Å². The number of hydrogen-bond acceptors (Lipinski definition) is 4. The Morgan fingerprint density at radius 2 is 2.15 bits per heavy atom. The second-order valence-corrected chi connectivity index (χ2v) is 4.82. The summed E-state index contributed by atoms with van der Waals surface area (Å²) in [5.41, 5.74) is 1.48. The molecule has 0 aliphatic rings. The molecule has 0 spiro atoms. The average Bonchev–Trinajstić information content (AvgIpc) is 2.45. The van der Waals surface area contributed by atoms with Crippen molar-refractivity contribution in [2.75, 3.05) is 19.7 Å². The zero-order valence-electron chi connectivity index (χ0n) is 11.6. The minimum Gasteiger partial charge on any atom is -0.481 e. The van der Waals surface area contributed by atoms with E-state index in [9.17, 15) is 4.79 Å². The molecule has 20 heavy (non-hydrogen) atoms. The van der Waals surface area contributed by atoms with Gasteiger partial charge in [0.25, 0.3) is 0 Å². The molecule has 1 unspecified atom stereocenters. The average molecular weight is 276 g/mol. The summed E-state index contributed by atoms with van der Waals surface area (Å²) < 4.78 is 0. The number of aliphatic carboxylic acids is 1. The lowest BCUT2D eigenvalue weighted by Crippen LogP contribution is -2.33. The highest BCUT2D eigenvalue weighted by atomic mass is 16.4. The standard InChI is InChI=1S/C15H20N2O3/c1-12(15(19)20)10-17(7-4-8-18)11-14-6-3-2-5-13(14)9-16/h2-3,5-6,12,18H,4,7-8,10-11H2,1H3,(H,19,20). The Kier molecular flexibility index (Phi) is 6.71. The van der Waals surface area contributed by atoms with Gasteiger partial charge in [0.1, 0.15) is 0 Å². The summed E-state index contributed by atoms with van der Waals surface area (Å²) in [7, 11) is 0. The lowest BCUT2D eigenvalue weighted by molar-refractivity contribution is -0.141. The first-order valence-corrected chi connectivity index (χ1v) is 6.62. The van der Waals surface area contributed by atoms with E-state index in [4.69, 9.17) is 15.5 Å². The number of rotatable bonds is 8. The smallest absolute Gasteiger partial charge is 0.307 e. The Balaban J connectivity index is 2.78. The van der Waals surface area contributed by atoms with Crippen LogP contribution < -0.4 is 0 Å². The van der Waals surface area contributed by atoms with Gasteiger partial charge in [-0.2, -0.15) is 5.26 Å². The van der Waals surface area contributed by atoms with E-state index in [0.717, 1.165) is 5.56 Å². The van der Waals surface area contributed by atoms with Gasteiger partial charge in [0.15, 0.2) is 0 Å². The Morgan fingerprint density at radius 3 is 2.75 bits per heavy atom. The fourth-order valence-electron chi connectivity index (χ4n) is 2.00. The van der Waals surface area contributed by atoms with Crippen LogP contribution in [0.5, 0.6) is 0 Å². The Labute approximate surface area is 119 Å². The van der Waals surface area contributed by atoms with Crippen molar-refractivity contribution in [2.45, 2.75) is 19.9 Å². The van der Waals surface area contributed by atoms with E-state index >= 15 is 0 Å². The molecule has 0 amide bonds.